The third kappa shape index (κ3) is 3.33. The molecule has 0 atom stereocenters. The fraction of sp³-hybridized carbons (Fsp3) is 0.615. The lowest BCUT2D eigenvalue weighted by atomic mass is 10.0. The van der Waals surface area contributed by atoms with Gasteiger partial charge in [0, 0.05) is 31.0 Å². The predicted molar refractivity (Wildman–Crippen MR) is 70.3 cm³/mol. The maximum absolute atomic E-state index is 10.2. The van der Waals surface area contributed by atoms with Crippen molar-refractivity contribution in [2.24, 2.45) is 0 Å². The molecule has 4 nitrogen and oxygen atoms in total. The molecule has 0 saturated heterocycles. The first-order chi connectivity index (χ1) is 8.22. The summed E-state index contributed by atoms with van der Waals surface area (Å²) < 4.78 is 0. The van der Waals surface area contributed by atoms with Crippen LogP contribution in [0.15, 0.2) is 18.3 Å². The Bertz CT molecular complexity index is 361. The standard InChI is InChI=1S/C13H21N3O/c1-2-14-12-9-11(5-8-15-12)16-10-13(17)6-3-4-7-13/h5,8-9,17H,2-4,6-7,10H2,1H3,(H2,14,15,16). The van der Waals surface area contributed by atoms with Crippen LogP contribution in [-0.4, -0.2) is 28.8 Å². The first-order valence-corrected chi connectivity index (χ1v) is 6.38. The summed E-state index contributed by atoms with van der Waals surface area (Å²) >= 11 is 0. The van der Waals surface area contributed by atoms with Gasteiger partial charge in [-0.1, -0.05) is 12.8 Å². The van der Waals surface area contributed by atoms with Crippen LogP contribution in [0, 0.1) is 0 Å². The van der Waals surface area contributed by atoms with E-state index in [9.17, 15) is 5.11 Å². The highest BCUT2D eigenvalue weighted by Gasteiger charge is 2.30. The Labute approximate surface area is 102 Å². The summed E-state index contributed by atoms with van der Waals surface area (Å²) in [7, 11) is 0. The quantitative estimate of drug-likeness (QED) is 0.732. The zero-order valence-electron chi connectivity index (χ0n) is 10.4. The minimum Gasteiger partial charge on any atom is -0.388 e. The number of rotatable bonds is 5. The van der Waals surface area contributed by atoms with Crippen LogP contribution in [0.1, 0.15) is 32.6 Å². The van der Waals surface area contributed by atoms with E-state index in [4.69, 9.17) is 0 Å². The number of pyridine rings is 1. The monoisotopic (exact) mass is 235 g/mol. The third-order valence-corrected chi connectivity index (χ3v) is 3.27. The molecule has 0 bridgehead atoms. The smallest absolute Gasteiger partial charge is 0.127 e. The molecule has 1 aromatic rings. The van der Waals surface area contributed by atoms with Gasteiger partial charge in [-0.25, -0.2) is 4.98 Å². The van der Waals surface area contributed by atoms with Crippen molar-refractivity contribution in [2.75, 3.05) is 23.7 Å². The molecule has 0 spiro atoms. The molecular weight excluding hydrogens is 214 g/mol. The van der Waals surface area contributed by atoms with E-state index in [1.165, 1.54) is 0 Å². The van der Waals surface area contributed by atoms with Gasteiger partial charge in [0.1, 0.15) is 5.82 Å². The topological polar surface area (TPSA) is 57.2 Å². The van der Waals surface area contributed by atoms with Crippen LogP contribution in [0.5, 0.6) is 0 Å². The van der Waals surface area contributed by atoms with Gasteiger partial charge in [-0.05, 0) is 25.8 Å². The van der Waals surface area contributed by atoms with Crippen molar-refractivity contribution in [3.63, 3.8) is 0 Å². The Morgan fingerprint density at radius 2 is 2.12 bits per heavy atom. The largest absolute Gasteiger partial charge is 0.388 e. The molecule has 4 heteroatoms. The average Bonchev–Trinajstić information content (AvgIpc) is 2.76. The van der Waals surface area contributed by atoms with Gasteiger partial charge in [0.15, 0.2) is 0 Å². The van der Waals surface area contributed by atoms with Crippen LogP contribution < -0.4 is 10.6 Å². The molecule has 1 aliphatic carbocycles. The van der Waals surface area contributed by atoms with Crippen LogP contribution in [-0.2, 0) is 0 Å². The highest BCUT2D eigenvalue weighted by molar-refractivity contribution is 5.51. The Morgan fingerprint density at radius 3 is 2.82 bits per heavy atom. The molecule has 0 aliphatic heterocycles. The molecule has 0 aromatic carbocycles. The second-order valence-electron chi connectivity index (χ2n) is 4.75. The van der Waals surface area contributed by atoms with Crippen molar-refractivity contribution < 1.29 is 5.11 Å². The summed E-state index contributed by atoms with van der Waals surface area (Å²) in [6.45, 7) is 3.53. The first-order valence-electron chi connectivity index (χ1n) is 6.38. The van der Waals surface area contributed by atoms with E-state index >= 15 is 0 Å². The normalized spacial score (nSPS) is 18.0. The zero-order chi connectivity index (χ0) is 12.1. The summed E-state index contributed by atoms with van der Waals surface area (Å²) in [6.07, 6.45) is 5.86. The lowest BCUT2D eigenvalue weighted by Gasteiger charge is -2.23. The van der Waals surface area contributed by atoms with Crippen LogP contribution in [0.2, 0.25) is 0 Å². The van der Waals surface area contributed by atoms with Gasteiger partial charge in [-0.2, -0.15) is 0 Å². The summed E-state index contributed by atoms with van der Waals surface area (Å²) in [5.41, 5.74) is 0.498. The fourth-order valence-corrected chi connectivity index (χ4v) is 2.29. The van der Waals surface area contributed by atoms with Crippen molar-refractivity contribution in [3.8, 4) is 0 Å². The molecule has 1 fully saturated rings. The van der Waals surface area contributed by atoms with E-state index in [2.05, 4.69) is 15.6 Å². The third-order valence-electron chi connectivity index (χ3n) is 3.27. The van der Waals surface area contributed by atoms with Crippen LogP contribution >= 0.6 is 0 Å². The summed E-state index contributed by atoms with van der Waals surface area (Å²) in [5.74, 6) is 0.871. The number of aliphatic hydroxyl groups is 1. The van der Waals surface area contributed by atoms with Gasteiger partial charge in [0.05, 0.1) is 5.60 Å². The van der Waals surface area contributed by atoms with Gasteiger partial charge in [0.25, 0.3) is 0 Å². The van der Waals surface area contributed by atoms with Gasteiger partial charge >= 0.3 is 0 Å². The van der Waals surface area contributed by atoms with E-state index < -0.39 is 5.60 Å². The number of nitrogens with zero attached hydrogens (tertiary/aromatic N) is 1. The number of hydrogen-bond donors (Lipinski definition) is 3. The molecule has 1 aliphatic rings. The van der Waals surface area contributed by atoms with Crippen molar-refractivity contribution in [1.29, 1.82) is 0 Å². The SMILES string of the molecule is CCNc1cc(NCC2(O)CCCC2)ccn1. The van der Waals surface area contributed by atoms with Gasteiger partial charge in [-0.15, -0.1) is 0 Å². The molecule has 0 unspecified atom stereocenters. The summed E-state index contributed by atoms with van der Waals surface area (Å²) in [4.78, 5) is 4.21. The maximum Gasteiger partial charge on any atom is 0.127 e. The van der Waals surface area contributed by atoms with Crippen LogP contribution in [0.4, 0.5) is 11.5 Å². The molecule has 1 heterocycles. The molecule has 3 N–H and O–H groups in total. The molecule has 1 aromatic heterocycles. The minimum absolute atomic E-state index is 0.512. The second kappa shape index (κ2) is 5.36. The van der Waals surface area contributed by atoms with Crippen molar-refractivity contribution in [1.82, 2.24) is 4.98 Å². The molecule has 94 valence electrons. The van der Waals surface area contributed by atoms with Crippen molar-refractivity contribution in [2.45, 2.75) is 38.2 Å². The van der Waals surface area contributed by atoms with Gasteiger partial charge in [0.2, 0.25) is 0 Å². The minimum atomic E-state index is -0.512. The van der Waals surface area contributed by atoms with Crippen LogP contribution in [0.25, 0.3) is 0 Å². The fourth-order valence-electron chi connectivity index (χ4n) is 2.29. The maximum atomic E-state index is 10.2. The number of hydrogen-bond acceptors (Lipinski definition) is 4. The Morgan fingerprint density at radius 1 is 1.35 bits per heavy atom. The zero-order valence-corrected chi connectivity index (χ0v) is 10.4. The van der Waals surface area contributed by atoms with Crippen molar-refractivity contribution in [3.05, 3.63) is 18.3 Å². The average molecular weight is 235 g/mol. The lowest BCUT2D eigenvalue weighted by Crippen LogP contribution is -2.33. The molecule has 0 amide bonds. The predicted octanol–water partition coefficient (Wildman–Crippen LogP) is 2.23. The molecule has 2 rings (SSSR count). The molecule has 17 heavy (non-hydrogen) atoms. The summed E-state index contributed by atoms with van der Waals surface area (Å²) in [6, 6.07) is 3.90. The van der Waals surface area contributed by atoms with E-state index in [1.807, 2.05) is 19.1 Å². The molecule has 1 saturated carbocycles. The number of aromatic nitrogens is 1. The van der Waals surface area contributed by atoms with Crippen LogP contribution in [0.3, 0.4) is 0 Å². The van der Waals surface area contributed by atoms with Gasteiger partial charge < -0.3 is 15.7 Å². The Balaban J connectivity index is 1.91. The highest BCUT2D eigenvalue weighted by Crippen LogP contribution is 2.29. The van der Waals surface area contributed by atoms with E-state index in [-0.39, 0.29) is 0 Å². The number of anilines is 2. The Hall–Kier alpha value is -1.29. The second-order valence-corrected chi connectivity index (χ2v) is 4.75. The van der Waals surface area contributed by atoms with E-state index in [0.717, 1.165) is 43.7 Å². The lowest BCUT2D eigenvalue weighted by molar-refractivity contribution is 0.0615. The van der Waals surface area contributed by atoms with Gasteiger partial charge in [-0.3, -0.25) is 0 Å². The summed E-state index contributed by atoms with van der Waals surface area (Å²) in [5, 5.41) is 16.7. The highest BCUT2D eigenvalue weighted by atomic mass is 16.3. The number of nitrogens with one attached hydrogen (secondary N) is 2. The van der Waals surface area contributed by atoms with E-state index in [0.29, 0.717) is 6.54 Å². The first kappa shape index (κ1) is 12.2. The van der Waals surface area contributed by atoms with E-state index in [1.54, 1.807) is 6.20 Å². The van der Waals surface area contributed by atoms with Crippen molar-refractivity contribution >= 4 is 11.5 Å². The molecular formula is C13H21N3O. The Kier molecular flexibility index (Phi) is 3.84. The molecule has 0 radical (unpaired) electrons.